The lowest BCUT2D eigenvalue weighted by Gasteiger charge is -2.14. The summed E-state index contributed by atoms with van der Waals surface area (Å²) in [5, 5.41) is 12.2. The largest absolute Gasteiger partial charge is 0.497 e. The molecule has 1 aromatic heterocycles. The number of methoxy groups -OCH3 is 2. The Labute approximate surface area is 104 Å². The van der Waals surface area contributed by atoms with Crippen LogP contribution in [0.5, 0.6) is 11.5 Å². The minimum Gasteiger partial charge on any atom is -0.497 e. The van der Waals surface area contributed by atoms with Crippen LogP contribution in [0.4, 0.5) is 0 Å². The molecule has 0 saturated heterocycles. The highest BCUT2D eigenvalue weighted by Gasteiger charge is 2.16. The number of hydrogen-bond acceptors (Lipinski definition) is 4. The fraction of sp³-hybridized carbons (Fsp3) is 0.231. The van der Waals surface area contributed by atoms with Gasteiger partial charge in [0.05, 0.1) is 14.2 Å². The summed E-state index contributed by atoms with van der Waals surface area (Å²) in [7, 11) is 3.18. The second kappa shape index (κ2) is 5.21. The molecule has 2 aromatic rings. The zero-order chi connectivity index (χ0) is 12.3. The molecule has 2 rings (SSSR count). The van der Waals surface area contributed by atoms with Gasteiger partial charge in [0.15, 0.2) is 0 Å². The molecule has 0 spiro atoms. The van der Waals surface area contributed by atoms with Gasteiger partial charge in [-0.25, -0.2) is 0 Å². The predicted octanol–water partition coefficient (Wildman–Crippen LogP) is 2.85. The van der Waals surface area contributed by atoms with Crippen LogP contribution in [0.25, 0.3) is 0 Å². The second-order valence-corrected chi connectivity index (χ2v) is 4.51. The van der Waals surface area contributed by atoms with Gasteiger partial charge in [-0.2, -0.15) is 0 Å². The predicted molar refractivity (Wildman–Crippen MR) is 67.9 cm³/mol. The van der Waals surface area contributed by atoms with Crippen LogP contribution >= 0.6 is 11.3 Å². The number of thiophene rings is 1. The van der Waals surface area contributed by atoms with E-state index in [1.807, 2.05) is 29.6 Å². The number of hydrogen-bond donors (Lipinski definition) is 1. The molecule has 17 heavy (non-hydrogen) atoms. The second-order valence-electron chi connectivity index (χ2n) is 3.53. The zero-order valence-corrected chi connectivity index (χ0v) is 10.5. The standard InChI is InChI=1S/C13H14O3S/c1-15-9-5-6-10(11(8-9)16-2)13(14)12-4-3-7-17-12/h3-8,13-14H,1-2H3/t13-/m1/s1. The quantitative estimate of drug-likeness (QED) is 0.906. The van der Waals surface area contributed by atoms with Crippen molar-refractivity contribution in [2.75, 3.05) is 14.2 Å². The molecule has 0 fully saturated rings. The molecule has 90 valence electrons. The van der Waals surface area contributed by atoms with Gasteiger partial charge in [0, 0.05) is 16.5 Å². The van der Waals surface area contributed by atoms with Crippen LogP contribution in [0.2, 0.25) is 0 Å². The molecule has 1 N–H and O–H groups in total. The molecule has 4 heteroatoms. The maximum atomic E-state index is 10.2. The SMILES string of the molecule is COc1ccc([C@@H](O)c2cccs2)c(OC)c1. The van der Waals surface area contributed by atoms with E-state index in [-0.39, 0.29) is 0 Å². The third kappa shape index (κ3) is 2.43. The van der Waals surface area contributed by atoms with Crippen molar-refractivity contribution in [1.82, 2.24) is 0 Å². The van der Waals surface area contributed by atoms with E-state index in [1.54, 1.807) is 20.3 Å². The van der Waals surface area contributed by atoms with E-state index in [4.69, 9.17) is 9.47 Å². The van der Waals surface area contributed by atoms with Gasteiger partial charge in [0.1, 0.15) is 17.6 Å². The lowest BCUT2D eigenvalue weighted by atomic mass is 10.1. The molecule has 1 atom stereocenters. The summed E-state index contributed by atoms with van der Waals surface area (Å²) >= 11 is 1.52. The minimum atomic E-state index is -0.657. The zero-order valence-electron chi connectivity index (χ0n) is 9.71. The molecule has 0 aliphatic heterocycles. The maximum absolute atomic E-state index is 10.2. The fourth-order valence-corrected chi connectivity index (χ4v) is 2.37. The van der Waals surface area contributed by atoms with Crippen LogP contribution < -0.4 is 9.47 Å². The first-order valence-electron chi connectivity index (χ1n) is 5.19. The summed E-state index contributed by atoms with van der Waals surface area (Å²) in [4.78, 5) is 0.897. The first-order valence-corrected chi connectivity index (χ1v) is 6.07. The molecule has 0 aliphatic carbocycles. The van der Waals surface area contributed by atoms with Crippen LogP contribution in [-0.2, 0) is 0 Å². The van der Waals surface area contributed by atoms with Gasteiger partial charge in [-0.3, -0.25) is 0 Å². The van der Waals surface area contributed by atoms with Gasteiger partial charge < -0.3 is 14.6 Å². The average Bonchev–Trinajstić information content (AvgIpc) is 2.91. The monoisotopic (exact) mass is 250 g/mol. The highest BCUT2D eigenvalue weighted by atomic mass is 32.1. The summed E-state index contributed by atoms with van der Waals surface area (Å²) < 4.78 is 10.4. The van der Waals surface area contributed by atoms with E-state index < -0.39 is 6.10 Å². The molecular weight excluding hydrogens is 236 g/mol. The van der Waals surface area contributed by atoms with Crippen molar-refractivity contribution < 1.29 is 14.6 Å². The molecule has 1 heterocycles. The highest BCUT2D eigenvalue weighted by Crippen LogP contribution is 2.34. The van der Waals surface area contributed by atoms with E-state index >= 15 is 0 Å². The average molecular weight is 250 g/mol. The molecule has 0 amide bonds. The van der Waals surface area contributed by atoms with E-state index in [0.717, 1.165) is 10.4 Å². The fourth-order valence-electron chi connectivity index (χ4n) is 1.64. The molecular formula is C13H14O3S. The number of aliphatic hydroxyl groups is 1. The Balaban J connectivity index is 2.38. The number of benzene rings is 1. The lowest BCUT2D eigenvalue weighted by Crippen LogP contribution is -2.01. The van der Waals surface area contributed by atoms with Crippen LogP contribution in [0.3, 0.4) is 0 Å². The lowest BCUT2D eigenvalue weighted by molar-refractivity contribution is 0.218. The Morgan fingerprint density at radius 3 is 2.59 bits per heavy atom. The van der Waals surface area contributed by atoms with Crippen molar-refractivity contribution in [2.45, 2.75) is 6.10 Å². The van der Waals surface area contributed by atoms with Crippen LogP contribution in [0, 0.1) is 0 Å². The Bertz CT molecular complexity index is 479. The maximum Gasteiger partial charge on any atom is 0.128 e. The first-order chi connectivity index (χ1) is 8.26. The van der Waals surface area contributed by atoms with Crippen molar-refractivity contribution in [3.63, 3.8) is 0 Å². The minimum absolute atomic E-state index is 0.630. The van der Waals surface area contributed by atoms with Crippen molar-refractivity contribution in [3.05, 3.63) is 46.2 Å². The number of rotatable bonds is 4. The summed E-state index contributed by atoms with van der Waals surface area (Å²) in [6, 6.07) is 9.22. The Morgan fingerprint density at radius 2 is 2.00 bits per heavy atom. The third-order valence-electron chi connectivity index (χ3n) is 2.55. The highest BCUT2D eigenvalue weighted by molar-refractivity contribution is 7.10. The van der Waals surface area contributed by atoms with E-state index in [9.17, 15) is 5.11 Å². The van der Waals surface area contributed by atoms with Crippen LogP contribution in [0.15, 0.2) is 35.7 Å². The summed E-state index contributed by atoms with van der Waals surface area (Å²) in [6.07, 6.45) is -0.657. The Kier molecular flexibility index (Phi) is 3.66. The normalized spacial score (nSPS) is 12.2. The third-order valence-corrected chi connectivity index (χ3v) is 3.47. The van der Waals surface area contributed by atoms with E-state index in [1.165, 1.54) is 11.3 Å². The summed E-state index contributed by atoms with van der Waals surface area (Å²) in [5.74, 6) is 1.34. The van der Waals surface area contributed by atoms with Crippen molar-refractivity contribution in [1.29, 1.82) is 0 Å². The Hall–Kier alpha value is -1.52. The molecule has 0 saturated carbocycles. The molecule has 0 aliphatic rings. The van der Waals surface area contributed by atoms with Crippen LogP contribution in [0.1, 0.15) is 16.5 Å². The molecule has 0 radical (unpaired) electrons. The molecule has 0 bridgehead atoms. The van der Waals surface area contributed by atoms with Gasteiger partial charge >= 0.3 is 0 Å². The smallest absolute Gasteiger partial charge is 0.128 e. The number of ether oxygens (including phenoxy) is 2. The van der Waals surface area contributed by atoms with Crippen molar-refractivity contribution in [3.8, 4) is 11.5 Å². The van der Waals surface area contributed by atoms with Crippen molar-refractivity contribution in [2.24, 2.45) is 0 Å². The summed E-state index contributed by atoms with van der Waals surface area (Å²) in [6.45, 7) is 0. The van der Waals surface area contributed by atoms with Crippen molar-refractivity contribution >= 4 is 11.3 Å². The van der Waals surface area contributed by atoms with E-state index in [0.29, 0.717) is 11.5 Å². The van der Waals surface area contributed by atoms with Gasteiger partial charge in [-0.05, 0) is 23.6 Å². The molecule has 3 nitrogen and oxygen atoms in total. The van der Waals surface area contributed by atoms with Crippen LogP contribution in [-0.4, -0.2) is 19.3 Å². The Morgan fingerprint density at radius 1 is 1.18 bits per heavy atom. The number of aliphatic hydroxyl groups excluding tert-OH is 1. The summed E-state index contributed by atoms with van der Waals surface area (Å²) in [5.41, 5.74) is 0.746. The molecule has 0 unspecified atom stereocenters. The van der Waals surface area contributed by atoms with Gasteiger partial charge in [-0.15, -0.1) is 11.3 Å². The topological polar surface area (TPSA) is 38.7 Å². The van der Waals surface area contributed by atoms with E-state index in [2.05, 4.69) is 0 Å². The van der Waals surface area contributed by atoms with Gasteiger partial charge in [-0.1, -0.05) is 6.07 Å². The van der Waals surface area contributed by atoms with Gasteiger partial charge in [0.2, 0.25) is 0 Å². The van der Waals surface area contributed by atoms with Gasteiger partial charge in [0.25, 0.3) is 0 Å². The first kappa shape index (κ1) is 12.0. The molecule has 1 aromatic carbocycles.